The average molecular weight is 482 g/mol. The second-order valence-corrected chi connectivity index (χ2v) is 8.06. The third-order valence-electron chi connectivity index (χ3n) is 5.50. The van der Waals surface area contributed by atoms with Crippen molar-refractivity contribution in [1.29, 1.82) is 0 Å². The first-order chi connectivity index (χ1) is 16.4. The Morgan fingerprint density at radius 2 is 1.80 bits per heavy atom. The Hall–Kier alpha value is -4.41. The van der Waals surface area contributed by atoms with Crippen LogP contribution in [0.25, 0.3) is 16.9 Å². The molecule has 4 rings (SSSR count). The first kappa shape index (κ1) is 23.7. The molecular weight excluding hydrogens is 461 g/mol. The minimum Gasteiger partial charge on any atom is -0.363 e. The Kier molecular flexibility index (Phi) is 5.93. The van der Waals surface area contributed by atoms with Crippen LogP contribution in [0.1, 0.15) is 37.8 Å². The number of alkyl halides is 3. The molecule has 0 fully saturated rings. The summed E-state index contributed by atoms with van der Waals surface area (Å²) < 4.78 is 43.6. The lowest BCUT2D eigenvalue weighted by molar-refractivity contribution is -0.137. The number of aryl methyl sites for hydroxylation is 2. The van der Waals surface area contributed by atoms with Gasteiger partial charge in [0.2, 0.25) is 0 Å². The van der Waals surface area contributed by atoms with Gasteiger partial charge >= 0.3 is 6.18 Å². The van der Waals surface area contributed by atoms with Crippen LogP contribution in [0.4, 0.5) is 18.9 Å². The maximum absolute atomic E-state index is 13.5. The number of primary amides is 1. The fraction of sp³-hybridized carbons (Fsp3) is 0.167. The molecule has 35 heavy (non-hydrogen) atoms. The first-order valence-corrected chi connectivity index (χ1v) is 10.4. The normalized spacial score (nSPS) is 11.5. The maximum atomic E-state index is 13.5. The predicted molar refractivity (Wildman–Crippen MR) is 123 cm³/mol. The zero-order valence-corrected chi connectivity index (χ0v) is 19.0. The molecule has 0 unspecified atom stereocenters. The number of aromatic nitrogens is 4. The van der Waals surface area contributed by atoms with Crippen LogP contribution >= 0.6 is 0 Å². The predicted octanol–water partition coefficient (Wildman–Crippen LogP) is 4.26. The van der Waals surface area contributed by atoms with Gasteiger partial charge in [0.25, 0.3) is 11.8 Å². The van der Waals surface area contributed by atoms with Crippen molar-refractivity contribution in [3.05, 3.63) is 83.3 Å². The molecule has 0 aliphatic heterocycles. The second-order valence-electron chi connectivity index (χ2n) is 8.06. The number of anilines is 1. The van der Waals surface area contributed by atoms with Crippen LogP contribution in [-0.4, -0.2) is 30.9 Å². The number of nitrogens with one attached hydrogen (secondary N) is 1. The number of hydrogen-bond donors (Lipinski definition) is 2. The Labute approximate surface area is 198 Å². The van der Waals surface area contributed by atoms with Gasteiger partial charge in [0.05, 0.1) is 29.5 Å². The van der Waals surface area contributed by atoms with E-state index in [0.29, 0.717) is 17.0 Å². The highest BCUT2D eigenvalue weighted by Crippen LogP contribution is 2.33. The van der Waals surface area contributed by atoms with Crippen molar-refractivity contribution in [2.24, 2.45) is 12.8 Å². The molecule has 180 valence electrons. The van der Waals surface area contributed by atoms with Crippen LogP contribution in [0.5, 0.6) is 0 Å². The quantitative estimate of drug-likeness (QED) is 0.443. The number of rotatable bonds is 5. The van der Waals surface area contributed by atoms with Gasteiger partial charge in [0, 0.05) is 35.7 Å². The molecule has 0 spiro atoms. The SMILES string of the molecule is Cc1cn(-c2cc(NC(=O)c3ccc(C)c(-c4cnc(C(N)=O)n4C)c3)cc(C(F)(F)F)c2)cn1. The molecule has 0 radical (unpaired) electrons. The van der Waals surface area contributed by atoms with Gasteiger partial charge in [-0.15, -0.1) is 0 Å². The van der Waals surface area contributed by atoms with E-state index in [1.165, 1.54) is 27.7 Å². The number of imidazole rings is 2. The Bertz CT molecular complexity index is 1450. The number of amides is 2. The summed E-state index contributed by atoms with van der Waals surface area (Å²) >= 11 is 0. The molecule has 0 aliphatic carbocycles. The maximum Gasteiger partial charge on any atom is 0.416 e. The van der Waals surface area contributed by atoms with Crippen LogP contribution in [0.3, 0.4) is 0 Å². The van der Waals surface area contributed by atoms with Gasteiger partial charge in [-0.3, -0.25) is 9.59 Å². The van der Waals surface area contributed by atoms with E-state index < -0.39 is 23.6 Å². The zero-order valence-electron chi connectivity index (χ0n) is 19.0. The van der Waals surface area contributed by atoms with E-state index in [1.54, 1.807) is 38.4 Å². The van der Waals surface area contributed by atoms with Gasteiger partial charge in [0.15, 0.2) is 5.82 Å². The summed E-state index contributed by atoms with van der Waals surface area (Å²) in [5, 5.41) is 2.55. The monoisotopic (exact) mass is 482 g/mol. The minimum absolute atomic E-state index is 0.0233. The summed E-state index contributed by atoms with van der Waals surface area (Å²) in [7, 11) is 1.62. The van der Waals surface area contributed by atoms with Gasteiger partial charge in [-0.25, -0.2) is 9.97 Å². The molecule has 2 amide bonds. The molecule has 2 aromatic carbocycles. The first-order valence-electron chi connectivity index (χ1n) is 10.4. The van der Waals surface area contributed by atoms with E-state index in [2.05, 4.69) is 15.3 Å². The number of nitrogens with zero attached hydrogens (tertiary/aromatic N) is 4. The van der Waals surface area contributed by atoms with Gasteiger partial charge in [-0.2, -0.15) is 13.2 Å². The summed E-state index contributed by atoms with van der Waals surface area (Å²) in [5.41, 5.74) is 7.44. The molecule has 11 heteroatoms. The summed E-state index contributed by atoms with van der Waals surface area (Å²) in [4.78, 5) is 32.6. The van der Waals surface area contributed by atoms with Crippen molar-refractivity contribution < 1.29 is 22.8 Å². The molecular formula is C24H21F3N6O2. The third kappa shape index (κ3) is 4.79. The molecule has 3 N–H and O–H groups in total. The molecule has 2 heterocycles. The second kappa shape index (κ2) is 8.75. The van der Waals surface area contributed by atoms with Gasteiger partial charge in [0.1, 0.15) is 0 Å². The van der Waals surface area contributed by atoms with Crippen molar-refractivity contribution in [2.45, 2.75) is 20.0 Å². The fourth-order valence-electron chi connectivity index (χ4n) is 3.69. The Balaban J connectivity index is 1.70. The van der Waals surface area contributed by atoms with Crippen LogP contribution in [0, 0.1) is 13.8 Å². The molecule has 0 atom stereocenters. The summed E-state index contributed by atoms with van der Waals surface area (Å²) in [5.74, 6) is -1.24. The zero-order chi connectivity index (χ0) is 25.5. The van der Waals surface area contributed by atoms with E-state index in [1.807, 2.05) is 6.92 Å². The van der Waals surface area contributed by atoms with E-state index in [-0.39, 0.29) is 22.8 Å². The number of hydrogen-bond acceptors (Lipinski definition) is 4. The highest BCUT2D eigenvalue weighted by Gasteiger charge is 2.31. The van der Waals surface area contributed by atoms with Crippen molar-refractivity contribution in [3.63, 3.8) is 0 Å². The topological polar surface area (TPSA) is 108 Å². The van der Waals surface area contributed by atoms with Crippen LogP contribution in [0.2, 0.25) is 0 Å². The van der Waals surface area contributed by atoms with Gasteiger partial charge < -0.3 is 20.2 Å². The van der Waals surface area contributed by atoms with E-state index in [4.69, 9.17) is 5.73 Å². The smallest absolute Gasteiger partial charge is 0.363 e. The number of benzene rings is 2. The summed E-state index contributed by atoms with van der Waals surface area (Å²) in [6.07, 6.45) is -0.158. The average Bonchev–Trinajstić information content (AvgIpc) is 3.39. The van der Waals surface area contributed by atoms with Crippen molar-refractivity contribution >= 4 is 17.5 Å². The number of nitrogens with two attached hydrogens (primary N) is 1. The van der Waals surface area contributed by atoms with E-state index in [0.717, 1.165) is 17.7 Å². The van der Waals surface area contributed by atoms with Gasteiger partial charge in [-0.1, -0.05) is 6.07 Å². The van der Waals surface area contributed by atoms with Crippen molar-refractivity contribution in [1.82, 2.24) is 19.1 Å². The molecule has 8 nitrogen and oxygen atoms in total. The highest BCUT2D eigenvalue weighted by molar-refractivity contribution is 6.05. The summed E-state index contributed by atoms with van der Waals surface area (Å²) in [6.45, 7) is 3.54. The van der Waals surface area contributed by atoms with Crippen LogP contribution < -0.4 is 11.1 Å². The van der Waals surface area contributed by atoms with Crippen LogP contribution in [0.15, 0.2) is 55.1 Å². The van der Waals surface area contributed by atoms with E-state index in [9.17, 15) is 22.8 Å². The molecule has 0 saturated carbocycles. The molecule has 0 bridgehead atoms. The standard InChI is InChI=1S/C24H21F3N6O2/c1-13-4-5-15(6-19(13)20-10-29-22(21(28)34)32(20)3)23(35)31-17-7-16(24(25,26)27)8-18(9-17)33-11-14(2)30-12-33/h4-12H,1-3H3,(H2,28,34)(H,31,35). The third-order valence-corrected chi connectivity index (χ3v) is 5.50. The lowest BCUT2D eigenvalue weighted by Crippen LogP contribution is -2.17. The Morgan fingerprint density at radius 3 is 2.40 bits per heavy atom. The van der Waals surface area contributed by atoms with Gasteiger partial charge in [-0.05, 0) is 49.7 Å². The van der Waals surface area contributed by atoms with E-state index >= 15 is 0 Å². The minimum atomic E-state index is -4.61. The molecule has 2 aromatic heterocycles. The fourth-order valence-corrected chi connectivity index (χ4v) is 3.69. The van der Waals surface area contributed by atoms with Crippen molar-refractivity contribution in [3.8, 4) is 16.9 Å². The molecule has 0 saturated heterocycles. The van der Waals surface area contributed by atoms with Crippen LogP contribution in [-0.2, 0) is 13.2 Å². The lowest BCUT2D eigenvalue weighted by atomic mass is 10.0. The summed E-state index contributed by atoms with van der Waals surface area (Å²) in [6, 6.07) is 8.14. The number of carbonyl (C=O) groups excluding carboxylic acids is 2. The molecule has 0 aliphatic rings. The Morgan fingerprint density at radius 1 is 1.06 bits per heavy atom. The molecule has 4 aromatic rings. The lowest BCUT2D eigenvalue weighted by Gasteiger charge is -2.14. The number of carbonyl (C=O) groups is 2. The highest BCUT2D eigenvalue weighted by atomic mass is 19.4. The van der Waals surface area contributed by atoms with Crippen molar-refractivity contribution in [2.75, 3.05) is 5.32 Å². The largest absolute Gasteiger partial charge is 0.416 e. The number of halogens is 3.